The van der Waals surface area contributed by atoms with Crippen molar-refractivity contribution in [2.75, 3.05) is 0 Å². The maximum atomic E-state index is 2.57. The van der Waals surface area contributed by atoms with Crippen molar-refractivity contribution in [2.45, 2.75) is 65.7 Å². The molecule has 7 unspecified atom stereocenters. The Balaban J connectivity index is 1.84. The summed E-state index contributed by atoms with van der Waals surface area (Å²) in [6.45, 7) is 7.65. The molecule has 17 heavy (non-hydrogen) atoms. The summed E-state index contributed by atoms with van der Waals surface area (Å²) >= 11 is 0. The molecule has 0 heteroatoms. The molecule has 0 spiro atoms. The average molecular weight is 234 g/mol. The first kappa shape index (κ1) is 12.1. The van der Waals surface area contributed by atoms with Crippen LogP contribution in [0.3, 0.4) is 0 Å². The number of hydrogen-bond acceptors (Lipinski definition) is 0. The minimum Gasteiger partial charge on any atom is -0.0622 e. The molecule has 3 rings (SSSR count). The molecule has 3 aliphatic carbocycles. The van der Waals surface area contributed by atoms with Crippen LogP contribution in [0.2, 0.25) is 0 Å². The normalized spacial score (nSPS) is 54.9. The minimum absolute atomic E-state index is 1.01. The predicted molar refractivity (Wildman–Crippen MR) is 73.8 cm³/mol. The minimum atomic E-state index is 1.01. The van der Waals surface area contributed by atoms with Crippen LogP contribution in [0.25, 0.3) is 0 Å². The summed E-state index contributed by atoms with van der Waals surface area (Å²) in [6.07, 6.45) is 10.8. The summed E-state index contributed by atoms with van der Waals surface area (Å²) in [6, 6.07) is 0. The van der Waals surface area contributed by atoms with Crippen molar-refractivity contribution < 1.29 is 0 Å². The first-order chi connectivity index (χ1) is 8.18. The third-order valence-electron chi connectivity index (χ3n) is 6.68. The quantitative estimate of drug-likeness (QED) is 0.545. The molecular weight excluding hydrogens is 204 g/mol. The van der Waals surface area contributed by atoms with Gasteiger partial charge in [-0.15, -0.1) is 0 Å². The molecule has 3 fully saturated rings. The van der Waals surface area contributed by atoms with Crippen LogP contribution in [0, 0.1) is 41.4 Å². The standard InChI is InChI=1S/C17H30/c1-11-6-4-8-14-15-9-5-7-12(2)17(15)13(3)10-16(11)14/h11-17H,4-10H2,1-3H3. The molecule has 0 N–H and O–H groups in total. The molecule has 0 nitrogen and oxygen atoms in total. The SMILES string of the molecule is CC1CCCC2C1CC(C)C1C(C)CCCC21. The molecule has 98 valence electrons. The Labute approximate surface area is 108 Å². The highest BCUT2D eigenvalue weighted by atomic mass is 14.5. The van der Waals surface area contributed by atoms with Crippen molar-refractivity contribution in [2.24, 2.45) is 41.4 Å². The monoisotopic (exact) mass is 234 g/mol. The van der Waals surface area contributed by atoms with Crippen molar-refractivity contribution in [1.82, 2.24) is 0 Å². The van der Waals surface area contributed by atoms with Gasteiger partial charge in [-0.1, -0.05) is 46.5 Å². The second-order valence-corrected chi connectivity index (χ2v) is 7.60. The van der Waals surface area contributed by atoms with Gasteiger partial charge in [0.2, 0.25) is 0 Å². The van der Waals surface area contributed by atoms with E-state index in [9.17, 15) is 0 Å². The Bertz CT molecular complexity index is 269. The van der Waals surface area contributed by atoms with E-state index in [1.54, 1.807) is 19.3 Å². The van der Waals surface area contributed by atoms with Gasteiger partial charge in [0, 0.05) is 0 Å². The molecule has 7 atom stereocenters. The largest absolute Gasteiger partial charge is 0.0622 e. The first-order valence-corrected chi connectivity index (χ1v) is 8.18. The fraction of sp³-hybridized carbons (Fsp3) is 1.00. The highest BCUT2D eigenvalue weighted by Crippen LogP contribution is 2.56. The van der Waals surface area contributed by atoms with Gasteiger partial charge in [0.1, 0.15) is 0 Å². The molecule has 0 amide bonds. The van der Waals surface area contributed by atoms with Crippen molar-refractivity contribution in [3.8, 4) is 0 Å². The summed E-state index contributed by atoms with van der Waals surface area (Å²) < 4.78 is 0. The molecule has 0 saturated heterocycles. The van der Waals surface area contributed by atoms with E-state index in [0.717, 1.165) is 41.4 Å². The zero-order valence-electron chi connectivity index (χ0n) is 12.0. The van der Waals surface area contributed by atoms with Crippen molar-refractivity contribution in [3.63, 3.8) is 0 Å². The van der Waals surface area contributed by atoms with Crippen LogP contribution >= 0.6 is 0 Å². The van der Waals surface area contributed by atoms with Crippen LogP contribution in [-0.2, 0) is 0 Å². The average Bonchev–Trinajstić information content (AvgIpc) is 2.31. The number of fused-ring (bicyclic) bond motifs is 3. The van der Waals surface area contributed by atoms with Gasteiger partial charge in [-0.2, -0.15) is 0 Å². The van der Waals surface area contributed by atoms with Gasteiger partial charge in [0.25, 0.3) is 0 Å². The molecule has 0 heterocycles. The van der Waals surface area contributed by atoms with Crippen LogP contribution in [0.5, 0.6) is 0 Å². The molecule has 0 radical (unpaired) electrons. The van der Waals surface area contributed by atoms with Gasteiger partial charge >= 0.3 is 0 Å². The van der Waals surface area contributed by atoms with Crippen molar-refractivity contribution in [1.29, 1.82) is 0 Å². The zero-order chi connectivity index (χ0) is 12.0. The summed E-state index contributed by atoms with van der Waals surface area (Å²) in [5.41, 5.74) is 0. The Hall–Kier alpha value is 0. The summed E-state index contributed by atoms with van der Waals surface area (Å²) in [7, 11) is 0. The molecule has 0 aromatic heterocycles. The maximum Gasteiger partial charge on any atom is -0.0331 e. The molecule has 0 aromatic carbocycles. The lowest BCUT2D eigenvalue weighted by Crippen LogP contribution is -2.47. The van der Waals surface area contributed by atoms with Gasteiger partial charge in [-0.3, -0.25) is 0 Å². The molecular formula is C17H30. The predicted octanol–water partition coefficient (Wildman–Crippen LogP) is 5.13. The van der Waals surface area contributed by atoms with Gasteiger partial charge in [-0.05, 0) is 60.7 Å². The third-order valence-corrected chi connectivity index (χ3v) is 6.68. The van der Waals surface area contributed by atoms with Crippen molar-refractivity contribution in [3.05, 3.63) is 0 Å². The van der Waals surface area contributed by atoms with Gasteiger partial charge < -0.3 is 0 Å². The second-order valence-electron chi connectivity index (χ2n) is 7.60. The molecule has 0 bridgehead atoms. The number of rotatable bonds is 0. The van der Waals surface area contributed by atoms with Gasteiger partial charge in [-0.25, -0.2) is 0 Å². The van der Waals surface area contributed by atoms with Crippen LogP contribution in [0.15, 0.2) is 0 Å². The van der Waals surface area contributed by atoms with Crippen LogP contribution in [0.4, 0.5) is 0 Å². The number of hydrogen-bond donors (Lipinski definition) is 0. The second kappa shape index (κ2) is 4.59. The Kier molecular flexibility index (Phi) is 3.26. The van der Waals surface area contributed by atoms with Gasteiger partial charge in [0.15, 0.2) is 0 Å². The maximum absolute atomic E-state index is 2.57. The Morgan fingerprint density at radius 1 is 0.588 bits per heavy atom. The van der Waals surface area contributed by atoms with Crippen LogP contribution in [-0.4, -0.2) is 0 Å². The van der Waals surface area contributed by atoms with Gasteiger partial charge in [0.05, 0.1) is 0 Å². The molecule has 3 aliphatic rings. The van der Waals surface area contributed by atoms with E-state index in [0.29, 0.717) is 0 Å². The third kappa shape index (κ3) is 1.96. The van der Waals surface area contributed by atoms with E-state index in [-0.39, 0.29) is 0 Å². The van der Waals surface area contributed by atoms with Crippen LogP contribution in [0.1, 0.15) is 65.7 Å². The highest BCUT2D eigenvalue weighted by Gasteiger charge is 2.48. The lowest BCUT2D eigenvalue weighted by Gasteiger charge is -2.54. The summed E-state index contributed by atoms with van der Waals surface area (Å²) in [4.78, 5) is 0. The molecule has 3 saturated carbocycles. The van der Waals surface area contributed by atoms with E-state index in [1.165, 1.54) is 25.7 Å². The molecule has 0 aliphatic heterocycles. The van der Waals surface area contributed by atoms with E-state index >= 15 is 0 Å². The zero-order valence-corrected chi connectivity index (χ0v) is 12.0. The Morgan fingerprint density at radius 3 is 2.00 bits per heavy atom. The molecule has 0 aromatic rings. The van der Waals surface area contributed by atoms with E-state index in [4.69, 9.17) is 0 Å². The van der Waals surface area contributed by atoms with E-state index in [1.807, 2.05) is 0 Å². The lowest BCUT2D eigenvalue weighted by atomic mass is 9.51. The van der Waals surface area contributed by atoms with E-state index in [2.05, 4.69) is 20.8 Å². The summed E-state index contributed by atoms with van der Waals surface area (Å²) in [5, 5.41) is 0. The van der Waals surface area contributed by atoms with Crippen LogP contribution < -0.4 is 0 Å². The Morgan fingerprint density at radius 2 is 1.24 bits per heavy atom. The lowest BCUT2D eigenvalue weighted by molar-refractivity contribution is -0.0524. The first-order valence-electron chi connectivity index (χ1n) is 8.18. The topological polar surface area (TPSA) is 0 Å². The fourth-order valence-corrected chi connectivity index (χ4v) is 6.02. The highest BCUT2D eigenvalue weighted by molar-refractivity contribution is 4.97. The summed E-state index contributed by atoms with van der Waals surface area (Å²) in [5.74, 6) is 7.44. The van der Waals surface area contributed by atoms with Crippen molar-refractivity contribution >= 4 is 0 Å². The smallest absolute Gasteiger partial charge is 0.0331 e. The fourth-order valence-electron chi connectivity index (χ4n) is 6.02. The van der Waals surface area contributed by atoms with E-state index < -0.39 is 0 Å².